The molecule has 0 bridgehead atoms. The number of nitrogens with one attached hydrogen (secondary N) is 1. The van der Waals surface area contributed by atoms with Gasteiger partial charge in [-0.15, -0.1) is 13.2 Å². The smallest absolute Gasteiger partial charge is 0.491 e. The minimum Gasteiger partial charge on any atom is -0.491 e. The van der Waals surface area contributed by atoms with Crippen molar-refractivity contribution in [2.24, 2.45) is 0 Å². The molecular formula is C20H19F3N4O4. The van der Waals surface area contributed by atoms with Gasteiger partial charge < -0.3 is 14.8 Å². The van der Waals surface area contributed by atoms with Crippen LogP contribution in [0.5, 0.6) is 11.6 Å². The molecule has 164 valence electrons. The lowest BCUT2D eigenvalue weighted by Crippen LogP contribution is -2.43. The number of benzene rings is 1. The highest BCUT2D eigenvalue weighted by atomic mass is 19.4. The number of rotatable bonds is 6. The molecule has 2 aromatic rings. The highest BCUT2D eigenvalue weighted by molar-refractivity contribution is 5.92. The Hall–Kier alpha value is -3.26. The molecule has 1 aromatic heterocycles. The second-order valence-corrected chi connectivity index (χ2v) is 7.35. The van der Waals surface area contributed by atoms with Crippen molar-refractivity contribution >= 4 is 5.91 Å². The lowest BCUT2D eigenvalue weighted by atomic mass is 10.0. The van der Waals surface area contributed by atoms with Gasteiger partial charge in [-0.05, 0) is 43.0 Å². The van der Waals surface area contributed by atoms with E-state index in [0.29, 0.717) is 43.2 Å². The number of amides is 1. The monoisotopic (exact) mass is 436 g/mol. The summed E-state index contributed by atoms with van der Waals surface area (Å²) in [4.78, 5) is 12.6. The molecule has 31 heavy (non-hydrogen) atoms. The summed E-state index contributed by atoms with van der Waals surface area (Å²) in [5.41, 5.74) is 1.56. The van der Waals surface area contributed by atoms with E-state index in [1.54, 1.807) is 18.2 Å². The van der Waals surface area contributed by atoms with E-state index in [1.165, 1.54) is 10.7 Å². The van der Waals surface area contributed by atoms with Crippen LogP contribution in [-0.4, -0.2) is 47.4 Å². The maximum Gasteiger partial charge on any atom is 0.522 e. The fourth-order valence-corrected chi connectivity index (χ4v) is 3.60. The van der Waals surface area contributed by atoms with E-state index in [0.717, 1.165) is 5.56 Å². The van der Waals surface area contributed by atoms with Crippen molar-refractivity contribution in [2.75, 3.05) is 13.2 Å². The molecule has 0 saturated heterocycles. The van der Waals surface area contributed by atoms with E-state index in [1.807, 2.05) is 0 Å². The van der Waals surface area contributed by atoms with E-state index in [4.69, 9.17) is 14.7 Å². The largest absolute Gasteiger partial charge is 0.522 e. The summed E-state index contributed by atoms with van der Waals surface area (Å²) in [6.07, 6.45) is -3.84. The normalized spacial score (nSPS) is 19.5. The summed E-state index contributed by atoms with van der Waals surface area (Å²) < 4.78 is 52.6. The van der Waals surface area contributed by atoms with Gasteiger partial charge in [0.2, 0.25) is 5.88 Å². The minimum atomic E-state index is -4.63. The Kier molecular flexibility index (Phi) is 5.73. The summed E-state index contributed by atoms with van der Waals surface area (Å²) in [5.74, 6) is 0.718. The number of ether oxygens (including phenoxy) is 3. The van der Waals surface area contributed by atoms with Crippen LogP contribution in [-0.2, 0) is 17.7 Å². The molecule has 3 heterocycles. The maximum absolute atomic E-state index is 12.6. The first-order valence-corrected chi connectivity index (χ1v) is 9.72. The first-order valence-electron chi connectivity index (χ1n) is 9.72. The Bertz CT molecular complexity index is 991. The number of nitrogens with zero attached hydrogens (tertiary/aromatic N) is 3. The third-order valence-electron chi connectivity index (χ3n) is 5.01. The summed E-state index contributed by atoms with van der Waals surface area (Å²) in [5, 5.41) is 16.1. The molecule has 1 amide bonds. The number of hydrogen-bond donors (Lipinski definition) is 1. The van der Waals surface area contributed by atoms with Gasteiger partial charge in [0, 0.05) is 6.07 Å². The molecular weight excluding hydrogens is 417 g/mol. The number of fused-ring (bicyclic) bond motifs is 2. The zero-order valence-electron chi connectivity index (χ0n) is 16.3. The van der Waals surface area contributed by atoms with Gasteiger partial charge in [0.1, 0.15) is 18.5 Å². The predicted octanol–water partition coefficient (Wildman–Crippen LogP) is 2.57. The van der Waals surface area contributed by atoms with Crippen LogP contribution in [0.4, 0.5) is 13.2 Å². The predicted molar refractivity (Wildman–Crippen MR) is 99.5 cm³/mol. The van der Waals surface area contributed by atoms with E-state index in [2.05, 4.69) is 21.2 Å². The van der Waals surface area contributed by atoms with Gasteiger partial charge in [-0.2, -0.15) is 10.4 Å². The van der Waals surface area contributed by atoms with Gasteiger partial charge in [0.05, 0.1) is 30.8 Å². The second-order valence-electron chi connectivity index (χ2n) is 7.35. The van der Waals surface area contributed by atoms with Crippen molar-refractivity contribution in [1.29, 1.82) is 5.26 Å². The van der Waals surface area contributed by atoms with E-state index < -0.39 is 13.0 Å². The Morgan fingerprint density at radius 1 is 1.39 bits per heavy atom. The minimum absolute atomic E-state index is 0.186. The first kappa shape index (κ1) is 21.0. The number of nitriles is 1. The van der Waals surface area contributed by atoms with Crippen LogP contribution in [0.1, 0.15) is 34.5 Å². The fraction of sp³-hybridized carbons (Fsp3) is 0.450. The Morgan fingerprint density at radius 3 is 2.97 bits per heavy atom. The van der Waals surface area contributed by atoms with Crippen molar-refractivity contribution < 1.29 is 32.2 Å². The number of aromatic nitrogens is 2. The Morgan fingerprint density at radius 2 is 2.23 bits per heavy atom. The lowest BCUT2D eigenvalue weighted by Gasteiger charge is -2.26. The molecule has 0 saturated carbocycles. The van der Waals surface area contributed by atoms with Crippen LogP contribution in [0.2, 0.25) is 0 Å². The number of halogens is 3. The number of hydrogen-bond acceptors (Lipinski definition) is 6. The van der Waals surface area contributed by atoms with Gasteiger partial charge in [0.15, 0.2) is 5.69 Å². The number of carbonyl (C=O) groups excluding carboxylic acids is 1. The van der Waals surface area contributed by atoms with Gasteiger partial charge in [-0.25, -0.2) is 4.68 Å². The molecule has 1 aromatic carbocycles. The van der Waals surface area contributed by atoms with Gasteiger partial charge in [0.25, 0.3) is 5.91 Å². The van der Waals surface area contributed by atoms with Crippen LogP contribution < -0.4 is 14.8 Å². The zero-order chi connectivity index (χ0) is 22.0. The molecule has 11 heteroatoms. The molecule has 2 aliphatic heterocycles. The number of alkyl halides is 3. The Balaban J connectivity index is 1.28. The summed E-state index contributed by atoms with van der Waals surface area (Å²) >= 11 is 0. The van der Waals surface area contributed by atoms with Crippen LogP contribution >= 0.6 is 0 Å². The quantitative estimate of drug-likeness (QED) is 0.699. The summed E-state index contributed by atoms with van der Waals surface area (Å²) in [7, 11) is 0. The van der Waals surface area contributed by atoms with Crippen LogP contribution in [0.15, 0.2) is 24.3 Å². The average molecular weight is 436 g/mol. The standard InChI is InChI=1S/C20H19F3N4O4/c21-20(22,23)30-5-1-2-15-10-27-18(31-15)8-16(26-27)19(28)25-14-7-13-6-12(9-24)3-4-17(13)29-11-14/h3-4,6,8,14-15H,1-2,5,7,10-11H2,(H,25,28)/t14-,15-/m1/s1. The molecule has 0 radical (unpaired) electrons. The van der Waals surface area contributed by atoms with Crippen LogP contribution in [0.25, 0.3) is 0 Å². The Labute approximate surface area is 175 Å². The SMILES string of the molecule is N#Cc1ccc2c(c1)C[C@@H](NC(=O)c1cc3n(n1)C[C@@H](CCCOC(F)(F)F)O3)CO2. The average Bonchev–Trinajstić information content (AvgIpc) is 3.29. The molecule has 1 N–H and O–H groups in total. The zero-order valence-corrected chi connectivity index (χ0v) is 16.3. The highest BCUT2D eigenvalue weighted by Crippen LogP contribution is 2.27. The van der Waals surface area contributed by atoms with Crippen LogP contribution in [0, 0.1) is 11.3 Å². The molecule has 0 aliphatic carbocycles. The van der Waals surface area contributed by atoms with Gasteiger partial charge in [-0.1, -0.05) is 0 Å². The van der Waals surface area contributed by atoms with E-state index in [-0.39, 0.29) is 30.2 Å². The van der Waals surface area contributed by atoms with Crippen molar-refractivity contribution in [3.05, 3.63) is 41.1 Å². The van der Waals surface area contributed by atoms with Crippen molar-refractivity contribution in [3.63, 3.8) is 0 Å². The summed E-state index contributed by atoms with van der Waals surface area (Å²) in [6, 6.07) is 8.49. The second kappa shape index (κ2) is 8.47. The summed E-state index contributed by atoms with van der Waals surface area (Å²) in [6.45, 7) is 0.226. The fourth-order valence-electron chi connectivity index (χ4n) is 3.60. The van der Waals surface area contributed by atoms with E-state index >= 15 is 0 Å². The molecule has 2 aliphatic rings. The third-order valence-corrected chi connectivity index (χ3v) is 5.01. The molecule has 2 atom stereocenters. The molecule has 4 rings (SSSR count). The molecule has 0 unspecified atom stereocenters. The highest BCUT2D eigenvalue weighted by Gasteiger charge is 2.30. The van der Waals surface area contributed by atoms with E-state index in [9.17, 15) is 18.0 Å². The molecule has 8 nitrogen and oxygen atoms in total. The maximum atomic E-state index is 12.6. The topological polar surface area (TPSA) is 98.4 Å². The van der Waals surface area contributed by atoms with Crippen molar-refractivity contribution in [1.82, 2.24) is 15.1 Å². The van der Waals surface area contributed by atoms with Crippen molar-refractivity contribution in [3.8, 4) is 17.7 Å². The first-order chi connectivity index (χ1) is 14.8. The number of carbonyl (C=O) groups is 1. The third kappa shape index (κ3) is 5.08. The van der Waals surface area contributed by atoms with Gasteiger partial charge in [-0.3, -0.25) is 9.53 Å². The molecule has 0 spiro atoms. The molecule has 0 fully saturated rings. The van der Waals surface area contributed by atoms with Crippen LogP contribution in [0.3, 0.4) is 0 Å². The van der Waals surface area contributed by atoms with Crippen molar-refractivity contribution in [2.45, 2.75) is 44.3 Å². The lowest BCUT2D eigenvalue weighted by molar-refractivity contribution is -0.324. The van der Waals surface area contributed by atoms with Gasteiger partial charge >= 0.3 is 6.36 Å².